The number of hydrogen-bond donors (Lipinski definition) is 0. The van der Waals surface area contributed by atoms with Crippen LogP contribution in [0.3, 0.4) is 0 Å². The molecule has 0 aliphatic carbocycles. The van der Waals surface area contributed by atoms with Gasteiger partial charge < -0.3 is 4.57 Å². The molecule has 22 heavy (non-hydrogen) atoms. The molecule has 0 N–H and O–H groups in total. The predicted octanol–water partition coefficient (Wildman–Crippen LogP) is 1.58. The van der Waals surface area contributed by atoms with Gasteiger partial charge in [0.15, 0.2) is 0 Å². The zero-order valence-corrected chi connectivity index (χ0v) is 13.0. The van der Waals surface area contributed by atoms with Crippen LogP contribution in [0.15, 0.2) is 35.7 Å². The van der Waals surface area contributed by atoms with E-state index in [2.05, 4.69) is 9.97 Å². The summed E-state index contributed by atoms with van der Waals surface area (Å²) in [4.78, 5) is 7.70. The van der Waals surface area contributed by atoms with Gasteiger partial charge in [0, 0.05) is 37.7 Å². The molecule has 1 aliphatic rings. The zero-order chi connectivity index (χ0) is 15.7. The summed E-state index contributed by atoms with van der Waals surface area (Å²) >= 11 is 0. The van der Waals surface area contributed by atoms with Crippen LogP contribution in [-0.4, -0.2) is 39.8 Å². The summed E-state index contributed by atoms with van der Waals surface area (Å²) in [6, 6.07) is 0.862. The van der Waals surface area contributed by atoms with Gasteiger partial charge in [-0.1, -0.05) is 0 Å². The molecule has 0 amide bonds. The highest BCUT2D eigenvalue weighted by molar-refractivity contribution is 7.89. The SMILES string of the molecule is Cc1nccn1CC1CCCN1S(=O)(=O)c1cncc(F)c1. The van der Waals surface area contributed by atoms with E-state index in [1.54, 1.807) is 6.20 Å². The number of aromatic nitrogens is 3. The first-order valence-corrected chi connectivity index (χ1v) is 8.52. The van der Waals surface area contributed by atoms with E-state index in [-0.39, 0.29) is 10.9 Å². The Labute approximate surface area is 128 Å². The van der Waals surface area contributed by atoms with E-state index in [0.29, 0.717) is 13.1 Å². The number of halogens is 1. The second kappa shape index (κ2) is 5.77. The van der Waals surface area contributed by atoms with E-state index in [4.69, 9.17) is 0 Å². The average molecular weight is 324 g/mol. The van der Waals surface area contributed by atoms with Gasteiger partial charge in [-0.3, -0.25) is 4.98 Å². The summed E-state index contributed by atoms with van der Waals surface area (Å²) in [6.45, 7) is 2.87. The summed E-state index contributed by atoms with van der Waals surface area (Å²) in [6.07, 6.45) is 7.29. The first-order valence-electron chi connectivity index (χ1n) is 7.08. The molecule has 0 radical (unpaired) electrons. The molecule has 0 aromatic carbocycles. The van der Waals surface area contributed by atoms with Gasteiger partial charge >= 0.3 is 0 Å². The smallest absolute Gasteiger partial charge is 0.245 e. The van der Waals surface area contributed by atoms with E-state index in [1.807, 2.05) is 17.7 Å². The van der Waals surface area contributed by atoms with Crippen molar-refractivity contribution in [2.45, 2.75) is 37.2 Å². The van der Waals surface area contributed by atoms with E-state index in [1.165, 1.54) is 10.5 Å². The highest BCUT2D eigenvalue weighted by Gasteiger charge is 2.35. The third-order valence-corrected chi connectivity index (χ3v) is 5.86. The fraction of sp³-hybridized carbons (Fsp3) is 0.429. The molecule has 6 nitrogen and oxygen atoms in total. The van der Waals surface area contributed by atoms with E-state index in [0.717, 1.165) is 30.9 Å². The number of aryl methyl sites for hydroxylation is 1. The van der Waals surface area contributed by atoms with Gasteiger partial charge in [-0.05, 0) is 25.8 Å². The van der Waals surface area contributed by atoms with Gasteiger partial charge in [-0.2, -0.15) is 4.31 Å². The van der Waals surface area contributed by atoms with Gasteiger partial charge in [-0.25, -0.2) is 17.8 Å². The van der Waals surface area contributed by atoms with E-state index in [9.17, 15) is 12.8 Å². The number of pyridine rings is 1. The van der Waals surface area contributed by atoms with Crippen molar-refractivity contribution in [3.63, 3.8) is 0 Å². The second-order valence-electron chi connectivity index (χ2n) is 5.38. The first-order chi connectivity index (χ1) is 10.5. The molecular weight excluding hydrogens is 307 g/mol. The number of imidazole rings is 1. The Morgan fingerprint density at radius 3 is 2.91 bits per heavy atom. The summed E-state index contributed by atoms with van der Waals surface area (Å²) in [7, 11) is -3.73. The van der Waals surface area contributed by atoms with Gasteiger partial charge in [0.2, 0.25) is 10.0 Å². The van der Waals surface area contributed by atoms with Crippen LogP contribution < -0.4 is 0 Å². The summed E-state index contributed by atoms with van der Waals surface area (Å²) in [5, 5.41) is 0. The van der Waals surface area contributed by atoms with Crippen molar-refractivity contribution in [1.29, 1.82) is 0 Å². The van der Waals surface area contributed by atoms with Crippen molar-refractivity contribution in [3.05, 3.63) is 42.5 Å². The molecule has 1 aliphatic heterocycles. The van der Waals surface area contributed by atoms with Crippen molar-refractivity contribution in [2.75, 3.05) is 6.54 Å². The lowest BCUT2D eigenvalue weighted by Gasteiger charge is -2.24. The number of sulfonamides is 1. The fourth-order valence-corrected chi connectivity index (χ4v) is 4.46. The molecule has 8 heteroatoms. The molecule has 3 rings (SSSR count). The molecule has 1 fully saturated rings. The first kappa shape index (κ1) is 15.1. The lowest BCUT2D eigenvalue weighted by atomic mass is 10.2. The molecule has 0 saturated carbocycles. The summed E-state index contributed by atoms with van der Waals surface area (Å²) < 4.78 is 42.1. The average Bonchev–Trinajstić information content (AvgIpc) is 3.10. The normalized spacial score (nSPS) is 19.6. The molecule has 118 valence electrons. The lowest BCUT2D eigenvalue weighted by Crippen LogP contribution is -2.38. The monoisotopic (exact) mass is 324 g/mol. The summed E-state index contributed by atoms with van der Waals surface area (Å²) in [5.74, 6) is 0.193. The van der Waals surface area contributed by atoms with Crippen molar-refractivity contribution < 1.29 is 12.8 Å². The van der Waals surface area contributed by atoms with Crippen LogP contribution in [0.1, 0.15) is 18.7 Å². The second-order valence-corrected chi connectivity index (χ2v) is 7.27. The minimum Gasteiger partial charge on any atom is -0.334 e. The van der Waals surface area contributed by atoms with Crippen LogP contribution in [0.2, 0.25) is 0 Å². The molecule has 0 bridgehead atoms. The molecule has 2 aromatic heterocycles. The number of hydrogen-bond acceptors (Lipinski definition) is 4. The molecule has 2 aromatic rings. The third-order valence-electron chi connectivity index (χ3n) is 3.94. The molecule has 1 atom stereocenters. The fourth-order valence-electron chi connectivity index (χ4n) is 2.80. The van der Waals surface area contributed by atoms with Crippen LogP contribution in [0.5, 0.6) is 0 Å². The Bertz CT molecular complexity index is 775. The maximum absolute atomic E-state index is 13.3. The van der Waals surface area contributed by atoms with Crippen LogP contribution in [-0.2, 0) is 16.6 Å². The van der Waals surface area contributed by atoms with Crippen molar-refractivity contribution in [1.82, 2.24) is 18.8 Å². The Hall–Kier alpha value is -1.80. The Kier molecular flexibility index (Phi) is 3.96. The van der Waals surface area contributed by atoms with Crippen LogP contribution >= 0.6 is 0 Å². The standard InChI is InChI=1S/C14H17FN4O2S/c1-11-17-4-6-18(11)10-13-3-2-5-19(13)22(20,21)14-7-12(15)8-16-9-14/h4,6-9,13H,2-3,5,10H2,1H3. The molecular formula is C14H17FN4O2S. The summed E-state index contributed by atoms with van der Waals surface area (Å²) in [5.41, 5.74) is 0. The zero-order valence-electron chi connectivity index (χ0n) is 12.2. The minimum absolute atomic E-state index is 0.0956. The highest BCUT2D eigenvalue weighted by Crippen LogP contribution is 2.27. The van der Waals surface area contributed by atoms with Crippen LogP contribution in [0.4, 0.5) is 4.39 Å². The molecule has 1 unspecified atom stereocenters. The largest absolute Gasteiger partial charge is 0.334 e. The van der Waals surface area contributed by atoms with Crippen LogP contribution in [0, 0.1) is 12.7 Å². The van der Waals surface area contributed by atoms with Gasteiger partial charge in [-0.15, -0.1) is 0 Å². The number of nitrogens with zero attached hydrogens (tertiary/aromatic N) is 4. The van der Waals surface area contributed by atoms with Crippen LogP contribution in [0.25, 0.3) is 0 Å². The number of rotatable bonds is 4. The van der Waals surface area contributed by atoms with E-state index < -0.39 is 15.8 Å². The van der Waals surface area contributed by atoms with Crippen molar-refractivity contribution >= 4 is 10.0 Å². The predicted molar refractivity (Wildman–Crippen MR) is 78.1 cm³/mol. The van der Waals surface area contributed by atoms with Crippen molar-refractivity contribution in [2.24, 2.45) is 0 Å². The van der Waals surface area contributed by atoms with Gasteiger partial charge in [0.25, 0.3) is 0 Å². The third kappa shape index (κ3) is 2.76. The Morgan fingerprint density at radius 1 is 1.41 bits per heavy atom. The lowest BCUT2D eigenvalue weighted by molar-refractivity contribution is 0.349. The molecule has 3 heterocycles. The van der Waals surface area contributed by atoms with Gasteiger partial charge in [0.1, 0.15) is 16.5 Å². The molecule has 0 spiro atoms. The Morgan fingerprint density at radius 2 is 2.23 bits per heavy atom. The van der Waals surface area contributed by atoms with E-state index >= 15 is 0 Å². The maximum Gasteiger partial charge on any atom is 0.245 e. The van der Waals surface area contributed by atoms with Crippen molar-refractivity contribution in [3.8, 4) is 0 Å². The topological polar surface area (TPSA) is 68.1 Å². The minimum atomic E-state index is -3.73. The quantitative estimate of drug-likeness (QED) is 0.856. The molecule has 1 saturated heterocycles. The maximum atomic E-state index is 13.3. The Balaban J connectivity index is 1.87. The highest BCUT2D eigenvalue weighted by atomic mass is 32.2. The van der Waals surface area contributed by atoms with Gasteiger partial charge in [0.05, 0.1) is 6.20 Å².